The van der Waals surface area contributed by atoms with Gasteiger partial charge < -0.3 is 10.7 Å². The van der Waals surface area contributed by atoms with Gasteiger partial charge in [0.2, 0.25) is 0 Å². The lowest BCUT2D eigenvalue weighted by Gasteiger charge is -2.11. The Morgan fingerprint density at radius 1 is 1.26 bits per heavy atom. The van der Waals surface area contributed by atoms with Crippen LogP contribution >= 0.6 is 11.8 Å². The minimum absolute atomic E-state index is 0.263. The molecule has 0 amide bonds. The maximum Gasteiger partial charge on any atom is 0.191 e. The Bertz CT molecular complexity index is 568. The van der Waals surface area contributed by atoms with Gasteiger partial charge >= 0.3 is 0 Å². The quantitative estimate of drug-likeness (QED) is 0.346. The van der Waals surface area contributed by atoms with Crippen LogP contribution in [-0.4, -0.2) is 16.2 Å². The van der Waals surface area contributed by atoms with Crippen molar-refractivity contribution in [1.82, 2.24) is 9.97 Å². The largest absolute Gasteiger partial charge is 0.340 e. The lowest BCUT2D eigenvalue weighted by Crippen LogP contribution is -2.10. The molecular formula is C12H14FN5S. The summed E-state index contributed by atoms with van der Waals surface area (Å²) >= 11 is 1.40. The monoisotopic (exact) mass is 279 g/mol. The van der Waals surface area contributed by atoms with E-state index in [0.29, 0.717) is 28.0 Å². The van der Waals surface area contributed by atoms with Crippen LogP contribution in [0.4, 0.5) is 21.7 Å². The van der Waals surface area contributed by atoms with Gasteiger partial charge in [0.05, 0.1) is 0 Å². The topological polar surface area (TPSA) is 75.9 Å². The van der Waals surface area contributed by atoms with Crippen molar-refractivity contribution < 1.29 is 4.39 Å². The molecule has 0 unspecified atom stereocenters. The first-order valence-electron chi connectivity index (χ1n) is 5.56. The molecule has 0 aliphatic carbocycles. The highest BCUT2D eigenvalue weighted by molar-refractivity contribution is 7.98. The molecule has 4 N–H and O–H groups in total. The first kappa shape index (κ1) is 13.6. The number of nitrogens with one attached hydrogen (secondary N) is 2. The summed E-state index contributed by atoms with van der Waals surface area (Å²) in [5.74, 6) is 6.14. The maximum atomic E-state index is 13.5. The van der Waals surface area contributed by atoms with E-state index < -0.39 is 0 Å². The summed E-state index contributed by atoms with van der Waals surface area (Å²) in [4.78, 5) is 8.44. The van der Waals surface area contributed by atoms with E-state index in [1.807, 2.05) is 6.26 Å². The molecule has 0 fully saturated rings. The zero-order valence-electron chi connectivity index (χ0n) is 10.6. The summed E-state index contributed by atoms with van der Waals surface area (Å²) in [6.45, 7) is 1.70. The Morgan fingerprint density at radius 3 is 2.68 bits per heavy atom. The second-order valence-electron chi connectivity index (χ2n) is 3.81. The zero-order chi connectivity index (χ0) is 13.8. The Balaban J connectivity index is 2.34. The van der Waals surface area contributed by atoms with Gasteiger partial charge in [-0.25, -0.2) is 20.2 Å². The van der Waals surface area contributed by atoms with E-state index in [4.69, 9.17) is 5.84 Å². The normalized spacial score (nSPS) is 10.3. The van der Waals surface area contributed by atoms with Crippen molar-refractivity contribution in [3.05, 3.63) is 35.6 Å². The second kappa shape index (κ2) is 5.85. The standard InChI is InChI=1S/C12H14FN5S/c1-7-8(13)4-3-5-9(7)15-10-6-11(18-14)17-12(16-10)19-2/h3-6H,14H2,1-2H3,(H2,15,16,17,18). The number of nitrogen functional groups attached to an aromatic ring is 1. The molecule has 0 aliphatic heterocycles. The van der Waals surface area contributed by atoms with E-state index >= 15 is 0 Å². The van der Waals surface area contributed by atoms with Crippen LogP contribution in [0.15, 0.2) is 29.4 Å². The van der Waals surface area contributed by atoms with Crippen LogP contribution in [0.1, 0.15) is 5.56 Å². The molecule has 0 bridgehead atoms. The van der Waals surface area contributed by atoms with E-state index in [1.165, 1.54) is 17.8 Å². The van der Waals surface area contributed by atoms with E-state index in [-0.39, 0.29) is 5.82 Å². The molecular weight excluding hydrogens is 265 g/mol. The fourth-order valence-corrected chi connectivity index (χ4v) is 1.91. The van der Waals surface area contributed by atoms with Gasteiger partial charge in [-0.3, -0.25) is 0 Å². The van der Waals surface area contributed by atoms with Crippen molar-refractivity contribution >= 4 is 29.1 Å². The SMILES string of the molecule is CSc1nc(NN)cc(Nc2cccc(F)c2C)n1. The summed E-state index contributed by atoms with van der Waals surface area (Å²) in [5.41, 5.74) is 3.67. The molecule has 1 aromatic carbocycles. The summed E-state index contributed by atoms with van der Waals surface area (Å²) < 4.78 is 13.5. The number of nitrogens with two attached hydrogens (primary N) is 1. The van der Waals surface area contributed by atoms with Gasteiger partial charge in [0, 0.05) is 17.3 Å². The number of nitrogens with zero attached hydrogens (tertiary/aromatic N) is 2. The van der Waals surface area contributed by atoms with Gasteiger partial charge in [0.1, 0.15) is 17.5 Å². The van der Waals surface area contributed by atoms with Crippen molar-refractivity contribution in [2.75, 3.05) is 17.0 Å². The molecule has 100 valence electrons. The van der Waals surface area contributed by atoms with Crippen LogP contribution in [-0.2, 0) is 0 Å². The maximum absolute atomic E-state index is 13.5. The number of aromatic nitrogens is 2. The number of halogens is 1. The number of hydrazine groups is 1. The number of hydrogen-bond acceptors (Lipinski definition) is 6. The summed E-state index contributed by atoms with van der Waals surface area (Å²) in [6, 6.07) is 6.50. The Kier molecular flexibility index (Phi) is 4.18. The zero-order valence-corrected chi connectivity index (χ0v) is 11.4. The van der Waals surface area contributed by atoms with Gasteiger partial charge in [0.15, 0.2) is 5.16 Å². The van der Waals surface area contributed by atoms with Gasteiger partial charge in [-0.05, 0) is 25.3 Å². The number of thioether (sulfide) groups is 1. The minimum Gasteiger partial charge on any atom is -0.340 e. The number of hydrogen-bond donors (Lipinski definition) is 3. The van der Waals surface area contributed by atoms with E-state index in [0.717, 1.165) is 0 Å². The predicted octanol–water partition coefficient (Wildman–Crippen LogP) is 2.68. The van der Waals surface area contributed by atoms with Crippen molar-refractivity contribution in [3.63, 3.8) is 0 Å². The van der Waals surface area contributed by atoms with Crippen LogP contribution in [0.25, 0.3) is 0 Å². The number of rotatable bonds is 4. The molecule has 1 heterocycles. The van der Waals surface area contributed by atoms with Crippen LogP contribution in [0.2, 0.25) is 0 Å². The second-order valence-corrected chi connectivity index (χ2v) is 4.58. The fraction of sp³-hybridized carbons (Fsp3) is 0.167. The van der Waals surface area contributed by atoms with Crippen molar-refractivity contribution in [2.24, 2.45) is 5.84 Å². The summed E-state index contributed by atoms with van der Waals surface area (Å²) in [5, 5.41) is 3.64. The highest BCUT2D eigenvalue weighted by Crippen LogP contribution is 2.23. The Morgan fingerprint density at radius 2 is 2.00 bits per heavy atom. The van der Waals surface area contributed by atoms with Crippen LogP contribution in [0.3, 0.4) is 0 Å². The van der Waals surface area contributed by atoms with Crippen LogP contribution in [0.5, 0.6) is 0 Å². The third-order valence-corrected chi connectivity index (χ3v) is 3.11. The van der Waals surface area contributed by atoms with Crippen molar-refractivity contribution in [1.29, 1.82) is 0 Å². The van der Waals surface area contributed by atoms with E-state index in [2.05, 4.69) is 20.7 Å². The average molecular weight is 279 g/mol. The third kappa shape index (κ3) is 3.12. The number of anilines is 3. The molecule has 19 heavy (non-hydrogen) atoms. The molecule has 0 saturated heterocycles. The Hall–Kier alpha value is -1.86. The molecule has 7 heteroatoms. The molecule has 0 saturated carbocycles. The molecule has 0 aliphatic rings. The summed E-state index contributed by atoms with van der Waals surface area (Å²) in [6.07, 6.45) is 1.87. The molecule has 2 rings (SSSR count). The molecule has 2 aromatic rings. The van der Waals surface area contributed by atoms with Crippen LogP contribution in [0, 0.1) is 12.7 Å². The predicted molar refractivity (Wildman–Crippen MR) is 76.0 cm³/mol. The van der Waals surface area contributed by atoms with E-state index in [1.54, 1.807) is 25.1 Å². The highest BCUT2D eigenvalue weighted by Gasteiger charge is 2.07. The first-order chi connectivity index (χ1) is 9.13. The van der Waals surface area contributed by atoms with Gasteiger partial charge in [-0.1, -0.05) is 17.8 Å². The number of benzene rings is 1. The molecule has 0 radical (unpaired) electrons. The lowest BCUT2D eigenvalue weighted by atomic mass is 10.2. The average Bonchev–Trinajstić information content (AvgIpc) is 2.43. The van der Waals surface area contributed by atoms with Crippen LogP contribution < -0.4 is 16.6 Å². The molecule has 0 atom stereocenters. The van der Waals surface area contributed by atoms with Gasteiger partial charge in [0.25, 0.3) is 0 Å². The van der Waals surface area contributed by atoms with Crippen molar-refractivity contribution in [3.8, 4) is 0 Å². The molecule has 0 spiro atoms. The van der Waals surface area contributed by atoms with Crippen molar-refractivity contribution in [2.45, 2.75) is 12.1 Å². The van der Waals surface area contributed by atoms with Gasteiger partial charge in [-0.2, -0.15) is 0 Å². The fourth-order valence-electron chi connectivity index (χ4n) is 1.54. The third-order valence-electron chi connectivity index (χ3n) is 2.57. The minimum atomic E-state index is -0.263. The lowest BCUT2D eigenvalue weighted by molar-refractivity contribution is 0.619. The molecule has 1 aromatic heterocycles. The summed E-state index contributed by atoms with van der Waals surface area (Å²) in [7, 11) is 0. The molecule has 5 nitrogen and oxygen atoms in total. The smallest absolute Gasteiger partial charge is 0.191 e. The first-order valence-corrected chi connectivity index (χ1v) is 6.78. The van der Waals surface area contributed by atoms with E-state index in [9.17, 15) is 4.39 Å². The Labute approximate surface area is 114 Å². The van der Waals surface area contributed by atoms with Gasteiger partial charge in [-0.15, -0.1) is 0 Å². The highest BCUT2D eigenvalue weighted by atomic mass is 32.2.